The topological polar surface area (TPSA) is 0 Å². The lowest BCUT2D eigenvalue weighted by Gasteiger charge is -2.38. The van der Waals surface area contributed by atoms with E-state index in [2.05, 4.69) is 291 Å². The molecule has 0 N–H and O–H groups in total. The quantitative estimate of drug-likeness (QED) is 0.108. The lowest BCUT2D eigenvalue weighted by Crippen LogP contribution is -2.77. The van der Waals surface area contributed by atoms with E-state index in [4.69, 9.17) is 0 Å². The van der Waals surface area contributed by atoms with Crippen LogP contribution in [0.1, 0.15) is 0 Å². The van der Waals surface area contributed by atoms with Crippen LogP contribution in [0, 0.1) is 0 Å². The molecule has 0 nitrogen and oxygen atoms in total. The first kappa shape index (κ1) is 40.0. The molecule has 0 saturated heterocycles. The van der Waals surface area contributed by atoms with Crippen molar-refractivity contribution in [2.45, 2.75) is 0 Å². The minimum absolute atomic E-state index is 1.37. The van der Waals surface area contributed by atoms with Crippen LogP contribution in [0.5, 0.6) is 0 Å². The first-order valence-electron chi connectivity index (χ1n) is 21.9. The molecule has 0 aliphatic rings. The Kier molecular flexibility index (Phi) is 11.2. The molecular weight excluding hydrogens is 805 g/mol. The van der Waals surface area contributed by atoms with Crippen LogP contribution in [0.2, 0.25) is 0 Å². The van der Waals surface area contributed by atoms with E-state index in [1.807, 2.05) is 0 Å². The van der Waals surface area contributed by atoms with Crippen molar-refractivity contribution in [3.8, 4) is 0 Å². The van der Waals surface area contributed by atoms with Crippen LogP contribution in [0.4, 0.5) is 0 Å². The molecule has 10 aromatic rings. The fourth-order valence-corrected chi connectivity index (χ4v) is 24.7. The molecule has 0 saturated carbocycles. The Balaban J connectivity index is 1.22. The second kappa shape index (κ2) is 17.7. The first-order chi connectivity index (χ1) is 31.3. The zero-order valence-electron chi connectivity index (χ0n) is 35.2. The van der Waals surface area contributed by atoms with Gasteiger partial charge in [0.1, 0.15) is 0 Å². The van der Waals surface area contributed by atoms with Crippen molar-refractivity contribution in [2.75, 3.05) is 0 Å². The highest BCUT2D eigenvalue weighted by Crippen LogP contribution is 2.15. The zero-order chi connectivity index (χ0) is 42.4. The second-order valence-electron chi connectivity index (χ2n) is 16.3. The highest BCUT2D eigenvalue weighted by atomic mass is 28.3. The normalized spacial score (nSPS) is 11.8. The molecule has 10 rings (SSSR count). The fourth-order valence-electron chi connectivity index (χ4n) is 10.4. The molecule has 0 radical (unpaired) electrons. The molecule has 0 atom stereocenters. The molecule has 0 heterocycles. The highest BCUT2D eigenvalue weighted by Gasteiger charge is 2.46. The molecule has 0 fully saturated rings. The average Bonchev–Trinajstić information content (AvgIpc) is 3.38. The van der Waals surface area contributed by atoms with Gasteiger partial charge in [-0.15, -0.1) is 0 Å². The summed E-state index contributed by atoms with van der Waals surface area (Å²) in [7, 11) is -8.36. The van der Waals surface area contributed by atoms with E-state index in [-0.39, 0.29) is 0 Å². The van der Waals surface area contributed by atoms with Crippen LogP contribution >= 0.6 is 0 Å². The van der Waals surface area contributed by atoms with Crippen LogP contribution in [-0.2, 0) is 0 Å². The van der Waals surface area contributed by atoms with Crippen molar-refractivity contribution in [3.05, 3.63) is 291 Å². The summed E-state index contributed by atoms with van der Waals surface area (Å²) in [6, 6.07) is 110. The summed E-state index contributed by atoms with van der Waals surface area (Å²) < 4.78 is 0. The third kappa shape index (κ3) is 6.91. The average molecular weight is 853 g/mol. The molecule has 3 heteroatoms. The van der Waals surface area contributed by atoms with Gasteiger partial charge in [-0.1, -0.05) is 291 Å². The van der Waals surface area contributed by atoms with Gasteiger partial charge in [0.25, 0.3) is 0 Å². The molecule has 0 amide bonds. The Hall–Kier alpha value is -7.15. The summed E-state index contributed by atoms with van der Waals surface area (Å²) in [4.78, 5) is 0. The van der Waals surface area contributed by atoms with Gasteiger partial charge in [0.05, 0.1) is 0 Å². The minimum atomic E-state index is -2.91. The molecule has 0 aliphatic carbocycles. The number of rotatable bonds is 12. The summed E-state index contributed by atoms with van der Waals surface area (Å²) in [6.07, 6.45) is 0. The molecule has 10 aromatic carbocycles. The number of hydrogen-bond donors (Lipinski definition) is 0. The molecular formula is C60H48Si3. The standard InChI is InChI=1S/C60H48Si3/c1-9-25-49(26-10-1)61(50-27-11-2-12-28-50,51-29-13-3-14-30-51)57-41-45-59(46-42-57)63(55-37-21-7-22-38-55,56-39-23-8-24-40-56)60-47-43-58(44-48-60)62(52-31-15-4-16-32-52,53-33-17-5-18-34-53)54-35-19-6-20-36-54/h1-48H. The summed E-state index contributed by atoms with van der Waals surface area (Å²) in [6.45, 7) is 0. The van der Waals surface area contributed by atoms with E-state index < -0.39 is 24.2 Å². The van der Waals surface area contributed by atoms with Gasteiger partial charge in [0.15, 0.2) is 24.2 Å². The Morgan fingerprint density at radius 3 is 0.317 bits per heavy atom. The van der Waals surface area contributed by atoms with E-state index >= 15 is 0 Å². The van der Waals surface area contributed by atoms with E-state index in [0.29, 0.717) is 0 Å². The van der Waals surface area contributed by atoms with Gasteiger partial charge in [-0.2, -0.15) is 0 Å². The van der Waals surface area contributed by atoms with Crippen LogP contribution in [0.25, 0.3) is 0 Å². The Labute approximate surface area is 375 Å². The van der Waals surface area contributed by atoms with Crippen molar-refractivity contribution < 1.29 is 0 Å². The van der Waals surface area contributed by atoms with Crippen LogP contribution in [-0.4, -0.2) is 24.2 Å². The number of hydrogen-bond acceptors (Lipinski definition) is 0. The highest BCUT2D eigenvalue weighted by molar-refractivity contribution is 7.22. The summed E-state index contributed by atoms with van der Waals surface area (Å²) in [5.41, 5.74) is 0. The second-order valence-corrected chi connectivity index (χ2v) is 27.8. The Bertz CT molecular complexity index is 2580. The van der Waals surface area contributed by atoms with Crippen molar-refractivity contribution in [2.24, 2.45) is 0 Å². The maximum Gasteiger partial charge on any atom is 0.179 e. The third-order valence-corrected chi connectivity index (χ3v) is 27.5. The van der Waals surface area contributed by atoms with Gasteiger partial charge in [0, 0.05) is 0 Å². The van der Waals surface area contributed by atoms with Gasteiger partial charge < -0.3 is 0 Å². The maximum atomic E-state index is 2.49. The summed E-state index contributed by atoms with van der Waals surface area (Å²) in [5, 5.41) is 16.5. The maximum absolute atomic E-state index is 2.91. The zero-order valence-corrected chi connectivity index (χ0v) is 38.2. The largest absolute Gasteiger partial charge is 0.179 e. The van der Waals surface area contributed by atoms with E-state index in [0.717, 1.165) is 0 Å². The molecule has 0 unspecified atom stereocenters. The van der Waals surface area contributed by atoms with Gasteiger partial charge in [-0.3, -0.25) is 0 Å². The Morgan fingerprint density at radius 2 is 0.206 bits per heavy atom. The van der Waals surface area contributed by atoms with Crippen molar-refractivity contribution in [3.63, 3.8) is 0 Å². The van der Waals surface area contributed by atoms with Gasteiger partial charge >= 0.3 is 0 Å². The van der Waals surface area contributed by atoms with Crippen LogP contribution in [0.15, 0.2) is 291 Å². The lowest BCUT2D eigenvalue weighted by molar-refractivity contribution is 1.65. The van der Waals surface area contributed by atoms with E-state index in [9.17, 15) is 0 Å². The number of benzene rings is 10. The van der Waals surface area contributed by atoms with Crippen LogP contribution < -0.4 is 62.2 Å². The third-order valence-electron chi connectivity index (χ3n) is 13.2. The predicted molar refractivity (Wildman–Crippen MR) is 277 cm³/mol. The van der Waals surface area contributed by atoms with Crippen molar-refractivity contribution in [1.82, 2.24) is 0 Å². The van der Waals surface area contributed by atoms with E-state index in [1.54, 1.807) is 0 Å². The fraction of sp³-hybridized carbons (Fsp3) is 0. The first-order valence-corrected chi connectivity index (χ1v) is 27.9. The predicted octanol–water partition coefficient (Wildman–Crippen LogP) is 5.82. The van der Waals surface area contributed by atoms with Crippen molar-refractivity contribution in [1.29, 1.82) is 0 Å². The molecule has 300 valence electrons. The summed E-state index contributed by atoms with van der Waals surface area (Å²) >= 11 is 0. The molecule has 0 aromatic heterocycles. The van der Waals surface area contributed by atoms with Gasteiger partial charge in [0.2, 0.25) is 0 Å². The summed E-state index contributed by atoms with van der Waals surface area (Å²) in [5.74, 6) is 0. The molecule has 0 bridgehead atoms. The minimum Gasteiger partial charge on any atom is -0.0623 e. The monoisotopic (exact) mass is 852 g/mol. The molecule has 63 heavy (non-hydrogen) atoms. The van der Waals surface area contributed by atoms with Crippen molar-refractivity contribution >= 4 is 86.5 Å². The molecule has 0 aliphatic heterocycles. The molecule has 0 spiro atoms. The van der Waals surface area contributed by atoms with E-state index in [1.165, 1.54) is 62.2 Å². The lowest BCUT2D eigenvalue weighted by atomic mass is 10.3. The smallest absolute Gasteiger partial charge is 0.0623 e. The van der Waals surface area contributed by atoms with Gasteiger partial charge in [-0.25, -0.2) is 0 Å². The SMILES string of the molecule is c1ccc([Si](c2ccccc2)(c2ccccc2)c2ccc([Si](c3ccccc3)(c3ccccc3)c3ccc([Si](c4ccccc4)(c4ccccc4)c4ccccc4)cc3)cc2)cc1. The Morgan fingerprint density at radius 1 is 0.111 bits per heavy atom. The van der Waals surface area contributed by atoms with Crippen LogP contribution in [0.3, 0.4) is 0 Å². The van der Waals surface area contributed by atoms with Gasteiger partial charge in [-0.05, 0) is 62.2 Å².